The Morgan fingerprint density at radius 2 is 1.33 bits per heavy atom. The Labute approximate surface area is 162 Å². The van der Waals surface area contributed by atoms with E-state index < -0.39 is 0 Å². The van der Waals surface area contributed by atoms with Crippen LogP contribution in [0.2, 0.25) is 0 Å². The van der Waals surface area contributed by atoms with E-state index in [0.29, 0.717) is 6.54 Å². The van der Waals surface area contributed by atoms with Gasteiger partial charge in [0.1, 0.15) is 0 Å². The van der Waals surface area contributed by atoms with Crippen LogP contribution in [0, 0.1) is 0 Å². The summed E-state index contributed by atoms with van der Waals surface area (Å²) in [7, 11) is 0. The standard InChI is InChI=1S/C25H27NO/c1-18-16-26(17-24(27)19(2)23-15-9-14-22(18)23)25(20-10-5-3-6-11-20)21-12-7-4-8-13-21/h3-8,10-13,25H,9,14-17H2,1-2H3. The second-order valence-corrected chi connectivity index (χ2v) is 7.77. The van der Waals surface area contributed by atoms with Gasteiger partial charge >= 0.3 is 0 Å². The maximum atomic E-state index is 13.1. The third-order valence-corrected chi connectivity index (χ3v) is 5.99. The molecule has 4 rings (SSSR count). The summed E-state index contributed by atoms with van der Waals surface area (Å²) in [5, 5.41) is 0. The summed E-state index contributed by atoms with van der Waals surface area (Å²) in [5.74, 6) is 0.272. The minimum Gasteiger partial charge on any atom is -0.293 e. The molecule has 0 amide bonds. The molecule has 1 aliphatic carbocycles. The summed E-state index contributed by atoms with van der Waals surface area (Å²) in [6.45, 7) is 5.59. The number of rotatable bonds is 3. The molecular formula is C25H27NO. The number of allylic oxidation sites excluding steroid dienone is 2. The molecule has 2 aliphatic rings. The van der Waals surface area contributed by atoms with Gasteiger partial charge in [0.15, 0.2) is 5.78 Å². The molecule has 2 aromatic carbocycles. The van der Waals surface area contributed by atoms with Gasteiger partial charge in [0.2, 0.25) is 0 Å². The zero-order chi connectivity index (χ0) is 18.8. The number of carbonyl (C=O) groups excluding carboxylic acids is 1. The molecule has 2 heteroatoms. The average molecular weight is 357 g/mol. The molecule has 0 bridgehead atoms. The number of carbonyl (C=O) groups is 1. The van der Waals surface area contributed by atoms with Gasteiger partial charge in [-0.1, -0.05) is 66.2 Å². The van der Waals surface area contributed by atoms with Crippen molar-refractivity contribution < 1.29 is 4.79 Å². The van der Waals surface area contributed by atoms with E-state index in [9.17, 15) is 4.79 Å². The molecule has 0 saturated heterocycles. The lowest BCUT2D eigenvalue weighted by molar-refractivity contribution is -0.117. The van der Waals surface area contributed by atoms with E-state index in [1.54, 1.807) is 0 Å². The number of benzene rings is 2. The zero-order valence-electron chi connectivity index (χ0n) is 16.2. The first-order chi connectivity index (χ1) is 13.1. The summed E-state index contributed by atoms with van der Waals surface area (Å²) in [6.07, 6.45) is 3.35. The van der Waals surface area contributed by atoms with E-state index in [4.69, 9.17) is 0 Å². The molecule has 1 saturated carbocycles. The molecule has 0 unspecified atom stereocenters. The quantitative estimate of drug-likeness (QED) is 0.725. The van der Waals surface area contributed by atoms with Gasteiger partial charge in [-0.15, -0.1) is 0 Å². The molecular weight excluding hydrogens is 330 g/mol. The highest BCUT2D eigenvalue weighted by Crippen LogP contribution is 2.38. The predicted octanol–water partition coefficient (Wildman–Crippen LogP) is 5.48. The molecule has 0 aromatic heterocycles. The summed E-state index contributed by atoms with van der Waals surface area (Å²) >= 11 is 0. The second kappa shape index (κ2) is 7.66. The zero-order valence-corrected chi connectivity index (χ0v) is 16.2. The van der Waals surface area contributed by atoms with Crippen LogP contribution in [0.4, 0.5) is 0 Å². The molecule has 1 fully saturated rings. The fourth-order valence-corrected chi connectivity index (χ4v) is 4.62. The average Bonchev–Trinajstić information content (AvgIpc) is 3.18. The van der Waals surface area contributed by atoms with Crippen molar-refractivity contribution >= 4 is 5.78 Å². The van der Waals surface area contributed by atoms with Crippen molar-refractivity contribution in [2.45, 2.75) is 39.2 Å². The first-order valence-corrected chi connectivity index (χ1v) is 9.91. The van der Waals surface area contributed by atoms with E-state index in [2.05, 4.69) is 72.5 Å². The molecule has 0 N–H and O–H groups in total. The summed E-state index contributed by atoms with van der Waals surface area (Å²) in [4.78, 5) is 15.4. The predicted molar refractivity (Wildman–Crippen MR) is 111 cm³/mol. The van der Waals surface area contributed by atoms with Crippen molar-refractivity contribution in [1.29, 1.82) is 0 Å². The number of nitrogens with zero attached hydrogens (tertiary/aromatic N) is 1. The van der Waals surface area contributed by atoms with Crippen molar-refractivity contribution in [2.24, 2.45) is 0 Å². The van der Waals surface area contributed by atoms with Gasteiger partial charge < -0.3 is 0 Å². The van der Waals surface area contributed by atoms with Crippen LogP contribution in [0.3, 0.4) is 0 Å². The minimum atomic E-state index is 0.0858. The number of fused-ring (bicyclic) bond motifs is 1. The van der Waals surface area contributed by atoms with Crippen LogP contribution in [0.15, 0.2) is 83.0 Å². The number of Topliss-reactive ketones (excluding diaryl/α,β-unsaturated/α-hetero) is 1. The second-order valence-electron chi connectivity index (χ2n) is 7.77. The third kappa shape index (κ3) is 3.54. The van der Waals surface area contributed by atoms with E-state index in [1.165, 1.54) is 34.3 Å². The van der Waals surface area contributed by atoms with E-state index in [1.807, 2.05) is 6.92 Å². The fraction of sp³-hybridized carbons (Fsp3) is 0.320. The van der Waals surface area contributed by atoms with Crippen LogP contribution in [0.5, 0.6) is 0 Å². The summed E-state index contributed by atoms with van der Waals surface area (Å²) in [6, 6.07) is 21.2. The molecule has 2 aromatic rings. The molecule has 1 aliphatic heterocycles. The van der Waals surface area contributed by atoms with Gasteiger partial charge in [-0.05, 0) is 61.0 Å². The van der Waals surface area contributed by atoms with Crippen LogP contribution in [-0.2, 0) is 4.79 Å². The topological polar surface area (TPSA) is 20.3 Å². The van der Waals surface area contributed by atoms with Gasteiger partial charge in [-0.2, -0.15) is 0 Å². The van der Waals surface area contributed by atoms with Crippen LogP contribution in [-0.4, -0.2) is 23.8 Å². The lowest BCUT2D eigenvalue weighted by Crippen LogP contribution is -2.37. The molecule has 0 radical (unpaired) electrons. The Kier molecular flexibility index (Phi) is 5.09. The van der Waals surface area contributed by atoms with Crippen molar-refractivity contribution in [1.82, 2.24) is 4.90 Å². The van der Waals surface area contributed by atoms with Crippen LogP contribution in [0.25, 0.3) is 0 Å². The largest absolute Gasteiger partial charge is 0.293 e. The first-order valence-electron chi connectivity index (χ1n) is 9.91. The third-order valence-electron chi connectivity index (χ3n) is 5.99. The van der Waals surface area contributed by atoms with Crippen LogP contribution >= 0.6 is 0 Å². The Bertz CT molecular complexity index is 853. The Morgan fingerprint density at radius 1 is 0.778 bits per heavy atom. The van der Waals surface area contributed by atoms with Gasteiger partial charge in [-0.3, -0.25) is 9.69 Å². The Morgan fingerprint density at radius 3 is 1.93 bits per heavy atom. The maximum Gasteiger partial charge on any atom is 0.172 e. The molecule has 27 heavy (non-hydrogen) atoms. The number of hydrogen-bond acceptors (Lipinski definition) is 2. The lowest BCUT2D eigenvalue weighted by Gasteiger charge is -2.34. The normalized spacial score (nSPS) is 18.7. The Hall–Kier alpha value is -2.45. The smallest absolute Gasteiger partial charge is 0.172 e. The minimum absolute atomic E-state index is 0.0858. The molecule has 138 valence electrons. The van der Waals surface area contributed by atoms with E-state index in [0.717, 1.165) is 25.0 Å². The number of hydrogen-bond donors (Lipinski definition) is 0. The number of ketones is 1. The monoisotopic (exact) mass is 357 g/mol. The Balaban J connectivity index is 1.79. The van der Waals surface area contributed by atoms with Gasteiger partial charge in [0.25, 0.3) is 0 Å². The highest BCUT2D eigenvalue weighted by atomic mass is 16.1. The summed E-state index contributed by atoms with van der Waals surface area (Å²) in [5.41, 5.74) is 7.64. The van der Waals surface area contributed by atoms with Gasteiger partial charge in [0, 0.05) is 6.54 Å². The highest BCUT2D eigenvalue weighted by molar-refractivity contribution is 5.98. The SMILES string of the molecule is CC1=C2CCCC2=C(C)C(=O)CN(C(c2ccccc2)c2ccccc2)C1. The maximum absolute atomic E-state index is 13.1. The van der Waals surface area contributed by atoms with Gasteiger partial charge in [-0.25, -0.2) is 0 Å². The van der Waals surface area contributed by atoms with Gasteiger partial charge in [0.05, 0.1) is 12.6 Å². The van der Waals surface area contributed by atoms with Crippen LogP contribution in [0.1, 0.15) is 50.3 Å². The van der Waals surface area contributed by atoms with Crippen molar-refractivity contribution in [3.05, 3.63) is 94.1 Å². The van der Waals surface area contributed by atoms with E-state index >= 15 is 0 Å². The molecule has 0 spiro atoms. The van der Waals surface area contributed by atoms with Crippen molar-refractivity contribution in [3.63, 3.8) is 0 Å². The summed E-state index contributed by atoms with van der Waals surface area (Å²) < 4.78 is 0. The molecule has 1 heterocycles. The molecule has 0 atom stereocenters. The van der Waals surface area contributed by atoms with Crippen molar-refractivity contribution in [2.75, 3.05) is 13.1 Å². The molecule has 2 nitrogen and oxygen atoms in total. The lowest BCUT2D eigenvalue weighted by atomic mass is 9.91. The van der Waals surface area contributed by atoms with Crippen molar-refractivity contribution in [3.8, 4) is 0 Å². The first kappa shape index (κ1) is 17.9. The highest BCUT2D eigenvalue weighted by Gasteiger charge is 2.30. The van der Waals surface area contributed by atoms with Crippen LogP contribution < -0.4 is 0 Å². The van der Waals surface area contributed by atoms with E-state index in [-0.39, 0.29) is 11.8 Å². The fourth-order valence-electron chi connectivity index (χ4n) is 4.62.